The highest BCUT2D eigenvalue weighted by atomic mass is 19.4. The normalized spacial score (nSPS) is 16.0. The first-order valence-electron chi connectivity index (χ1n) is 6.84. The lowest BCUT2D eigenvalue weighted by atomic mass is 10.2. The second kappa shape index (κ2) is 5.78. The van der Waals surface area contributed by atoms with Crippen molar-refractivity contribution in [3.05, 3.63) is 42.5 Å². The Bertz CT molecular complexity index is 624. The number of alkyl halides is 3. The van der Waals surface area contributed by atoms with Gasteiger partial charge in [-0.05, 0) is 12.1 Å². The molecule has 0 aliphatic carbocycles. The summed E-state index contributed by atoms with van der Waals surface area (Å²) in [6.07, 6.45) is 1.83. The zero-order valence-corrected chi connectivity index (χ0v) is 11.7. The Morgan fingerprint density at radius 3 is 2.27 bits per heavy atom. The maximum atomic E-state index is 13.0. The third kappa shape index (κ3) is 2.95. The summed E-state index contributed by atoms with van der Waals surface area (Å²) < 4.78 is 39.1. The molecule has 0 atom stereocenters. The molecule has 0 saturated carbocycles. The molecule has 1 aliphatic heterocycles. The zero-order chi connectivity index (χ0) is 15.6. The van der Waals surface area contributed by atoms with Crippen LogP contribution in [0.25, 0.3) is 0 Å². The van der Waals surface area contributed by atoms with Crippen molar-refractivity contribution in [1.29, 1.82) is 0 Å². The van der Waals surface area contributed by atoms with Gasteiger partial charge in [-0.2, -0.15) is 13.2 Å². The first-order chi connectivity index (χ1) is 10.6. The predicted molar refractivity (Wildman–Crippen MR) is 75.7 cm³/mol. The van der Waals surface area contributed by atoms with Crippen LogP contribution < -0.4 is 9.80 Å². The summed E-state index contributed by atoms with van der Waals surface area (Å²) in [7, 11) is 0. The third-order valence-corrected chi connectivity index (χ3v) is 3.54. The van der Waals surface area contributed by atoms with Crippen molar-refractivity contribution in [3.8, 4) is 0 Å². The van der Waals surface area contributed by atoms with Crippen LogP contribution in [-0.4, -0.2) is 41.1 Å². The summed E-state index contributed by atoms with van der Waals surface area (Å²) in [4.78, 5) is 15.8. The fourth-order valence-electron chi connectivity index (χ4n) is 2.47. The van der Waals surface area contributed by atoms with Crippen molar-refractivity contribution >= 4 is 11.6 Å². The molecule has 22 heavy (non-hydrogen) atoms. The summed E-state index contributed by atoms with van der Waals surface area (Å²) >= 11 is 0. The molecule has 3 heterocycles. The number of hydrogen-bond acceptors (Lipinski definition) is 5. The second-order valence-electron chi connectivity index (χ2n) is 4.91. The number of aromatic nitrogens is 3. The van der Waals surface area contributed by atoms with Gasteiger partial charge < -0.3 is 9.80 Å². The van der Waals surface area contributed by atoms with E-state index in [-0.39, 0.29) is 5.82 Å². The third-order valence-electron chi connectivity index (χ3n) is 3.54. The lowest BCUT2D eigenvalue weighted by Gasteiger charge is -2.36. The molecule has 0 amide bonds. The number of piperazine rings is 1. The zero-order valence-electron chi connectivity index (χ0n) is 11.7. The molecule has 5 nitrogen and oxygen atoms in total. The predicted octanol–water partition coefficient (Wildman–Crippen LogP) is 2.22. The summed E-state index contributed by atoms with van der Waals surface area (Å²) in [6, 6.07) is 2.37. The van der Waals surface area contributed by atoms with Crippen molar-refractivity contribution in [2.75, 3.05) is 36.0 Å². The van der Waals surface area contributed by atoms with Crippen molar-refractivity contribution in [3.63, 3.8) is 0 Å². The van der Waals surface area contributed by atoms with E-state index in [0.29, 0.717) is 26.2 Å². The molecule has 116 valence electrons. The van der Waals surface area contributed by atoms with Crippen molar-refractivity contribution < 1.29 is 13.2 Å². The monoisotopic (exact) mass is 309 g/mol. The smallest absolute Gasteiger partial charge is 0.353 e. The molecule has 2 aromatic heterocycles. The largest absolute Gasteiger partial charge is 0.419 e. The van der Waals surface area contributed by atoms with Gasteiger partial charge in [0.1, 0.15) is 11.6 Å². The van der Waals surface area contributed by atoms with Crippen molar-refractivity contribution in [2.24, 2.45) is 0 Å². The Kier molecular flexibility index (Phi) is 3.82. The average molecular weight is 309 g/mol. The van der Waals surface area contributed by atoms with E-state index in [1.807, 2.05) is 4.90 Å². The molecule has 1 aliphatic rings. The standard InChI is InChI=1S/C14H14F3N5/c15-14(16,17)11-2-1-3-20-13(11)22-8-6-21(7-9-22)12-10-18-4-5-19-12/h1-5,10H,6-9H2. The fraction of sp³-hybridized carbons (Fsp3) is 0.357. The van der Waals surface area contributed by atoms with Crippen molar-refractivity contribution in [1.82, 2.24) is 15.0 Å². The fourth-order valence-corrected chi connectivity index (χ4v) is 2.47. The first-order valence-corrected chi connectivity index (χ1v) is 6.84. The number of hydrogen-bond donors (Lipinski definition) is 0. The number of halogens is 3. The molecule has 0 bridgehead atoms. The number of nitrogens with zero attached hydrogens (tertiary/aromatic N) is 5. The maximum absolute atomic E-state index is 13.0. The van der Waals surface area contributed by atoms with Crippen LogP contribution in [0.15, 0.2) is 36.9 Å². The number of rotatable bonds is 2. The van der Waals surface area contributed by atoms with Gasteiger partial charge in [-0.3, -0.25) is 4.98 Å². The van der Waals surface area contributed by atoms with Crippen LogP contribution in [0.2, 0.25) is 0 Å². The van der Waals surface area contributed by atoms with Gasteiger partial charge in [-0.1, -0.05) is 0 Å². The summed E-state index contributed by atoms with van der Waals surface area (Å²) in [5.41, 5.74) is -0.692. The maximum Gasteiger partial charge on any atom is 0.419 e. The van der Waals surface area contributed by atoms with Gasteiger partial charge in [0.15, 0.2) is 0 Å². The quantitative estimate of drug-likeness (QED) is 0.851. The lowest BCUT2D eigenvalue weighted by molar-refractivity contribution is -0.137. The number of pyridine rings is 1. The Morgan fingerprint density at radius 1 is 0.909 bits per heavy atom. The van der Waals surface area contributed by atoms with Gasteiger partial charge in [0.25, 0.3) is 0 Å². The van der Waals surface area contributed by atoms with Crippen LogP contribution in [0, 0.1) is 0 Å². The van der Waals surface area contributed by atoms with Crippen molar-refractivity contribution in [2.45, 2.75) is 6.18 Å². The SMILES string of the molecule is FC(F)(F)c1cccnc1N1CCN(c2cnccn2)CC1. The summed E-state index contributed by atoms with van der Waals surface area (Å²) in [5.74, 6) is 0.730. The molecule has 1 fully saturated rings. The van der Waals surface area contributed by atoms with E-state index in [2.05, 4.69) is 15.0 Å². The van der Waals surface area contributed by atoms with E-state index in [4.69, 9.17) is 0 Å². The Morgan fingerprint density at radius 2 is 1.64 bits per heavy atom. The topological polar surface area (TPSA) is 45.2 Å². The molecule has 0 N–H and O–H groups in total. The van der Waals surface area contributed by atoms with Gasteiger partial charge >= 0.3 is 6.18 Å². The highest BCUT2D eigenvalue weighted by Gasteiger charge is 2.36. The molecule has 8 heteroatoms. The van der Waals surface area contributed by atoms with Crippen LogP contribution in [0.1, 0.15) is 5.56 Å². The summed E-state index contributed by atoms with van der Waals surface area (Å²) in [6.45, 7) is 2.06. The van der Waals surface area contributed by atoms with E-state index in [9.17, 15) is 13.2 Å². The first kappa shape index (κ1) is 14.6. The van der Waals surface area contributed by atoms with E-state index < -0.39 is 11.7 Å². The molecular formula is C14H14F3N5. The van der Waals surface area contributed by atoms with Crippen LogP contribution in [0.5, 0.6) is 0 Å². The van der Waals surface area contributed by atoms with Crippen LogP contribution in [0.3, 0.4) is 0 Å². The van der Waals surface area contributed by atoms with E-state index in [0.717, 1.165) is 11.9 Å². The van der Waals surface area contributed by atoms with Gasteiger partial charge in [0.2, 0.25) is 0 Å². The minimum absolute atomic E-state index is 0.00574. The van der Waals surface area contributed by atoms with Crippen LogP contribution >= 0.6 is 0 Å². The Balaban J connectivity index is 1.75. The molecule has 0 radical (unpaired) electrons. The Labute approximate surface area is 125 Å². The summed E-state index contributed by atoms with van der Waals surface area (Å²) in [5, 5.41) is 0. The molecule has 0 aromatic carbocycles. The Hall–Kier alpha value is -2.38. The van der Waals surface area contributed by atoms with E-state index in [1.165, 1.54) is 12.3 Å². The van der Waals surface area contributed by atoms with E-state index in [1.54, 1.807) is 23.5 Å². The highest BCUT2D eigenvalue weighted by Crippen LogP contribution is 2.35. The van der Waals surface area contributed by atoms with Crippen LogP contribution in [0.4, 0.5) is 24.8 Å². The van der Waals surface area contributed by atoms with E-state index >= 15 is 0 Å². The molecule has 3 rings (SSSR count). The minimum atomic E-state index is -4.40. The molecule has 0 unspecified atom stereocenters. The van der Waals surface area contributed by atoms with Gasteiger partial charge in [0, 0.05) is 44.8 Å². The average Bonchev–Trinajstić information content (AvgIpc) is 2.55. The number of anilines is 2. The molecular weight excluding hydrogens is 295 g/mol. The molecule has 0 spiro atoms. The van der Waals surface area contributed by atoms with Gasteiger partial charge in [-0.15, -0.1) is 0 Å². The minimum Gasteiger partial charge on any atom is -0.353 e. The van der Waals surface area contributed by atoms with Gasteiger partial charge in [0.05, 0.1) is 11.8 Å². The van der Waals surface area contributed by atoms with Crippen LogP contribution in [-0.2, 0) is 6.18 Å². The highest BCUT2D eigenvalue weighted by molar-refractivity contribution is 5.50. The second-order valence-corrected chi connectivity index (χ2v) is 4.91. The molecule has 2 aromatic rings. The van der Waals surface area contributed by atoms with Gasteiger partial charge in [-0.25, -0.2) is 9.97 Å². The molecule has 1 saturated heterocycles. The lowest BCUT2D eigenvalue weighted by Crippen LogP contribution is -2.47.